The predicted octanol–water partition coefficient (Wildman–Crippen LogP) is 5.42. The number of amides is 1. The van der Waals surface area contributed by atoms with Gasteiger partial charge in [0.15, 0.2) is 0 Å². The van der Waals surface area contributed by atoms with Crippen molar-refractivity contribution in [1.29, 1.82) is 0 Å². The molecule has 1 amide bonds. The molecule has 0 fully saturated rings. The Hall–Kier alpha value is -1.81. The summed E-state index contributed by atoms with van der Waals surface area (Å²) in [5.74, 6) is 0.849. The van der Waals surface area contributed by atoms with Crippen molar-refractivity contribution < 1.29 is 9.53 Å². The highest BCUT2D eigenvalue weighted by molar-refractivity contribution is 9.10. The molecule has 0 spiro atoms. The zero-order valence-electron chi connectivity index (χ0n) is 13.0. The molecule has 0 heterocycles. The van der Waals surface area contributed by atoms with Crippen LogP contribution in [0.5, 0.6) is 5.75 Å². The number of hydrogen-bond acceptors (Lipinski definition) is 2. The molecule has 0 unspecified atom stereocenters. The first-order chi connectivity index (χ1) is 10.5. The fourth-order valence-corrected chi connectivity index (χ4v) is 2.67. The van der Waals surface area contributed by atoms with Crippen LogP contribution in [0.3, 0.4) is 0 Å². The number of carbonyl (C=O) groups is 1. The highest BCUT2D eigenvalue weighted by atomic mass is 79.9. The van der Waals surface area contributed by atoms with E-state index >= 15 is 0 Å². The summed E-state index contributed by atoms with van der Waals surface area (Å²) in [7, 11) is 0. The molecule has 4 heteroatoms. The van der Waals surface area contributed by atoms with Crippen LogP contribution in [0.15, 0.2) is 53.0 Å². The minimum Gasteiger partial charge on any atom is -0.409 e. The molecular weight excluding hydrogens is 342 g/mol. The van der Waals surface area contributed by atoms with Crippen LogP contribution in [0, 0.1) is 0 Å². The minimum atomic E-state index is -0.454. The first-order valence-corrected chi connectivity index (χ1v) is 8.10. The summed E-state index contributed by atoms with van der Waals surface area (Å²) < 4.78 is 6.31. The summed E-state index contributed by atoms with van der Waals surface area (Å²) in [5, 5.41) is 2.86. The fourth-order valence-electron chi connectivity index (χ4n) is 2.21. The molecule has 0 aliphatic heterocycles. The van der Waals surface area contributed by atoms with Gasteiger partial charge in [0, 0.05) is 0 Å². The summed E-state index contributed by atoms with van der Waals surface area (Å²) in [5.41, 5.74) is 2.03. The second kappa shape index (κ2) is 7.45. The van der Waals surface area contributed by atoms with E-state index in [0.717, 1.165) is 15.6 Å². The van der Waals surface area contributed by atoms with Crippen LogP contribution in [0.4, 0.5) is 4.79 Å². The lowest BCUT2D eigenvalue weighted by atomic mass is 10.0. The molecule has 1 N–H and O–H groups in total. The lowest BCUT2D eigenvalue weighted by Gasteiger charge is -2.17. The fraction of sp³-hybridized carbons (Fsp3) is 0.278. The van der Waals surface area contributed by atoms with Gasteiger partial charge in [-0.05, 0) is 46.0 Å². The Labute approximate surface area is 139 Å². The topological polar surface area (TPSA) is 38.3 Å². The molecule has 22 heavy (non-hydrogen) atoms. The third-order valence-electron chi connectivity index (χ3n) is 3.45. The number of nitrogens with one attached hydrogen (secondary N) is 1. The number of hydrogen-bond donors (Lipinski definition) is 1. The van der Waals surface area contributed by atoms with Gasteiger partial charge in [-0.15, -0.1) is 0 Å². The van der Waals surface area contributed by atoms with Gasteiger partial charge < -0.3 is 10.1 Å². The van der Waals surface area contributed by atoms with Gasteiger partial charge in [0.2, 0.25) is 0 Å². The van der Waals surface area contributed by atoms with E-state index in [1.165, 1.54) is 0 Å². The van der Waals surface area contributed by atoms with Crippen LogP contribution in [0.1, 0.15) is 43.9 Å². The summed E-state index contributed by atoms with van der Waals surface area (Å²) in [4.78, 5) is 12.2. The van der Waals surface area contributed by atoms with Gasteiger partial charge in [0.1, 0.15) is 5.75 Å². The van der Waals surface area contributed by atoms with Crippen molar-refractivity contribution in [3.05, 3.63) is 64.1 Å². The number of benzene rings is 2. The first kappa shape index (κ1) is 16.6. The van der Waals surface area contributed by atoms with E-state index in [9.17, 15) is 4.79 Å². The highest BCUT2D eigenvalue weighted by Crippen LogP contribution is 2.33. The predicted molar refractivity (Wildman–Crippen MR) is 92.2 cm³/mol. The van der Waals surface area contributed by atoms with Crippen molar-refractivity contribution in [3.63, 3.8) is 0 Å². The molecular formula is C18H20BrNO2. The minimum absolute atomic E-state index is 0.112. The van der Waals surface area contributed by atoms with E-state index in [4.69, 9.17) is 4.74 Å². The lowest BCUT2D eigenvalue weighted by molar-refractivity contribution is 0.196. The van der Waals surface area contributed by atoms with Gasteiger partial charge >= 0.3 is 6.09 Å². The maximum absolute atomic E-state index is 12.2. The SMILES string of the molecule is CC(C)c1cccc(Br)c1OC(=O)N[C@H](C)c1ccccc1. The molecule has 116 valence electrons. The van der Waals surface area contributed by atoms with Crippen LogP contribution in [-0.4, -0.2) is 6.09 Å². The van der Waals surface area contributed by atoms with E-state index in [1.807, 2.05) is 55.5 Å². The molecule has 1 atom stereocenters. The molecule has 0 bridgehead atoms. The van der Waals surface area contributed by atoms with Crippen molar-refractivity contribution in [2.75, 3.05) is 0 Å². The zero-order valence-corrected chi connectivity index (χ0v) is 14.6. The molecule has 0 aliphatic rings. The van der Waals surface area contributed by atoms with E-state index in [-0.39, 0.29) is 12.0 Å². The molecule has 0 saturated heterocycles. The number of para-hydroxylation sites is 1. The van der Waals surface area contributed by atoms with Crippen molar-refractivity contribution in [3.8, 4) is 5.75 Å². The Kier molecular flexibility index (Phi) is 5.61. The number of rotatable bonds is 4. The normalized spacial score (nSPS) is 12.0. The number of halogens is 1. The first-order valence-electron chi connectivity index (χ1n) is 7.30. The monoisotopic (exact) mass is 361 g/mol. The Morgan fingerprint density at radius 3 is 2.36 bits per heavy atom. The van der Waals surface area contributed by atoms with Crippen molar-refractivity contribution in [1.82, 2.24) is 5.32 Å². The van der Waals surface area contributed by atoms with Crippen LogP contribution in [0.2, 0.25) is 0 Å². The lowest BCUT2D eigenvalue weighted by Crippen LogP contribution is -2.30. The highest BCUT2D eigenvalue weighted by Gasteiger charge is 2.16. The maximum Gasteiger partial charge on any atom is 0.413 e. The summed E-state index contributed by atoms with van der Waals surface area (Å²) >= 11 is 3.45. The summed E-state index contributed by atoms with van der Waals surface area (Å²) in [6.45, 7) is 6.07. The molecule has 0 aliphatic carbocycles. The molecule has 3 nitrogen and oxygen atoms in total. The average Bonchev–Trinajstić information content (AvgIpc) is 2.49. The smallest absolute Gasteiger partial charge is 0.409 e. The van der Waals surface area contributed by atoms with Gasteiger partial charge in [-0.1, -0.05) is 56.3 Å². The van der Waals surface area contributed by atoms with Crippen molar-refractivity contribution in [2.24, 2.45) is 0 Å². The van der Waals surface area contributed by atoms with Gasteiger partial charge in [0.05, 0.1) is 10.5 Å². The Morgan fingerprint density at radius 2 is 1.73 bits per heavy atom. The second-order valence-corrected chi connectivity index (χ2v) is 6.33. The van der Waals surface area contributed by atoms with E-state index in [0.29, 0.717) is 5.75 Å². The average molecular weight is 362 g/mol. The maximum atomic E-state index is 12.2. The van der Waals surface area contributed by atoms with Gasteiger partial charge in [0.25, 0.3) is 0 Å². The van der Waals surface area contributed by atoms with E-state index < -0.39 is 6.09 Å². The van der Waals surface area contributed by atoms with Crippen LogP contribution in [0.25, 0.3) is 0 Å². The number of carbonyl (C=O) groups excluding carboxylic acids is 1. The van der Waals surface area contributed by atoms with Gasteiger partial charge in [-0.3, -0.25) is 0 Å². The summed E-state index contributed by atoms with van der Waals surface area (Å²) in [6, 6.07) is 15.5. The molecule has 2 aromatic rings. The van der Waals surface area contributed by atoms with Gasteiger partial charge in [-0.25, -0.2) is 4.79 Å². The largest absolute Gasteiger partial charge is 0.413 e. The Morgan fingerprint density at radius 1 is 1.05 bits per heavy atom. The molecule has 2 rings (SSSR count). The molecule has 0 radical (unpaired) electrons. The Balaban J connectivity index is 2.10. The molecule has 2 aromatic carbocycles. The van der Waals surface area contributed by atoms with E-state index in [1.54, 1.807) is 0 Å². The quantitative estimate of drug-likeness (QED) is 0.788. The zero-order chi connectivity index (χ0) is 16.1. The van der Waals surface area contributed by atoms with Crippen LogP contribution < -0.4 is 10.1 Å². The van der Waals surface area contributed by atoms with Crippen molar-refractivity contribution >= 4 is 22.0 Å². The third-order valence-corrected chi connectivity index (χ3v) is 4.07. The molecule has 0 aromatic heterocycles. The third kappa shape index (κ3) is 4.10. The van der Waals surface area contributed by atoms with Gasteiger partial charge in [-0.2, -0.15) is 0 Å². The number of ether oxygens (including phenoxy) is 1. The summed E-state index contributed by atoms with van der Waals surface area (Å²) in [6.07, 6.45) is -0.454. The Bertz CT molecular complexity index is 641. The van der Waals surface area contributed by atoms with Crippen LogP contribution in [-0.2, 0) is 0 Å². The standard InChI is InChI=1S/C18H20BrNO2/c1-12(2)15-10-7-11-16(19)17(15)22-18(21)20-13(3)14-8-5-4-6-9-14/h4-13H,1-3H3,(H,20,21)/t13-/m1/s1. The second-order valence-electron chi connectivity index (χ2n) is 5.48. The van der Waals surface area contributed by atoms with E-state index in [2.05, 4.69) is 35.1 Å². The van der Waals surface area contributed by atoms with Crippen molar-refractivity contribution in [2.45, 2.75) is 32.7 Å². The van der Waals surface area contributed by atoms with Crippen LogP contribution >= 0.6 is 15.9 Å². The molecule has 0 saturated carbocycles.